The normalized spacial score (nSPS) is 18.5. The van der Waals surface area contributed by atoms with Gasteiger partial charge < -0.3 is 10.6 Å². The number of hydrogen-bond acceptors (Lipinski definition) is 6. The van der Waals surface area contributed by atoms with Crippen molar-refractivity contribution in [3.8, 4) is 17.3 Å². The standard InChI is InChI=1S/C20H23ClN6/c21-16-10-23-19(27-14-4-2-1-3-5-14)8-15(16)17-9-18(26-13-25-17)24-12-20(11-22)6-7-20/h8-10,13-14H,1-7,12H2,(H,23,27)(H,24,25,26). The van der Waals surface area contributed by atoms with Crippen LogP contribution in [-0.2, 0) is 0 Å². The molecule has 0 aliphatic heterocycles. The van der Waals surface area contributed by atoms with E-state index < -0.39 is 0 Å². The summed E-state index contributed by atoms with van der Waals surface area (Å²) in [6.07, 6.45) is 11.3. The molecule has 6 nitrogen and oxygen atoms in total. The highest BCUT2D eigenvalue weighted by atomic mass is 35.5. The molecule has 2 aromatic rings. The van der Waals surface area contributed by atoms with Crippen LogP contribution in [0.1, 0.15) is 44.9 Å². The molecule has 27 heavy (non-hydrogen) atoms. The van der Waals surface area contributed by atoms with Gasteiger partial charge in [0.25, 0.3) is 0 Å². The van der Waals surface area contributed by atoms with Crippen molar-refractivity contribution < 1.29 is 0 Å². The average molecular weight is 383 g/mol. The van der Waals surface area contributed by atoms with Gasteiger partial charge in [-0.25, -0.2) is 15.0 Å². The summed E-state index contributed by atoms with van der Waals surface area (Å²) >= 11 is 6.39. The first-order valence-electron chi connectivity index (χ1n) is 9.57. The summed E-state index contributed by atoms with van der Waals surface area (Å²) < 4.78 is 0. The third-order valence-electron chi connectivity index (χ3n) is 5.45. The molecule has 4 rings (SSSR count). The topological polar surface area (TPSA) is 86.5 Å². The van der Waals surface area contributed by atoms with Crippen molar-refractivity contribution in [3.05, 3.63) is 29.7 Å². The molecule has 2 aliphatic carbocycles. The first kappa shape index (κ1) is 18.0. The molecule has 2 fully saturated rings. The fourth-order valence-electron chi connectivity index (χ4n) is 3.51. The highest BCUT2D eigenvalue weighted by Gasteiger charge is 2.42. The third-order valence-corrected chi connectivity index (χ3v) is 5.76. The van der Waals surface area contributed by atoms with Crippen LogP contribution in [0.4, 0.5) is 11.6 Å². The molecule has 0 atom stereocenters. The number of nitriles is 1. The van der Waals surface area contributed by atoms with Crippen LogP contribution in [0.2, 0.25) is 5.02 Å². The van der Waals surface area contributed by atoms with E-state index in [1.165, 1.54) is 38.4 Å². The van der Waals surface area contributed by atoms with Crippen molar-refractivity contribution in [1.82, 2.24) is 15.0 Å². The number of hydrogen-bond donors (Lipinski definition) is 2. The van der Waals surface area contributed by atoms with Crippen LogP contribution in [0.25, 0.3) is 11.3 Å². The second-order valence-electron chi connectivity index (χ2n) is 7.56. The zero-order chi connectivity index (χ0) is 18.7. The van der Waals surface area contributed by atoms with E-state index in [9.17, 15) is 5.26 Å². The molecule has 2 heterocycles. The van der Waals surface area contributed by atoms with Crippen LogP contribution in [-0.4, -0.2) is 27.5 Å². The molecule has 2 aliphatic rings. The molecule has 7 heteroatoms. The Morgan fingerprint density at radius 1 is 1.11 bits per heavy atom. The second-order valence-corrected chi connectivity index (χ2v) is 7.97. The van der Waals surface area contributed by atoms with Gasteiger partial charge in [-0.15, -0.1) is 0 Å². The molecule has 0 saturated heterocycles. The quantitative estimate of drug-likeness (QED) is 0.756. The Kier molecular flexibility index (Phi) is 5.13. The number of pyridine rings is 1. The number of anilines is 2. The van der Waals surface area contributed by atoms with Crippen LogP contribution < -0.4 is 10.6 Å². The molecule has 2 N–H and O–H groups in total. The van der Waals surface area contributed by atoms with Crippen molar-refractivity contribution >= 4 is 23.2 Å². The molecule has 0 unspecified atom stereocenters. The highest BCUT2D eigenvalue weighted by Crippen LogP contribution is 2.44. The fraction of sp³-hybridized carbons (Fsp3) is 0.500. The smallest absolute Gasteiger partial charge is 0.130 e. The Labute approximate surface area is 164 Å². The predicted octanol–water partition coefficient (Wildman–Crippen LogP) is 4.65. The maximum absolute atomic E-state index is 9.21. The van der Waals surface area contributed by atoms with E-state index in [1.54, 1.807) is 6.20 Å². The van der Waals surface area contributed by atoms with Gasteiger partial charge in [-0.05, 0) is 31.7 Å². The zero-order valence-corrected chi connectivity index (χ0v) is 16.0. The molecule has 0 aromatic carbocycles. The minimum absolute atomic E-state index is 0.226. The van der Waals surface area contributed by atoms with Crippen molar-refractivity contribution in [1.29, 1.82) is 5.26 Å². The molecular weight excluding hydrogens is 360 g/mol. The lowest BCUT2D eigenvalue weighted by molar-refractivity contribution is 0.462. The van der Waals surface area contributed by atoms with Crippen molar-refractivity contribution in [2.24, 2.45) is 5.41 Å². The van der Waals surface area contributed by atoms with E-state index in [4.69, 9.17) is 11.6 Å². The van der Waals surface area contributed by atoms with Gasteiger partial charge in [0, 0.05) is 30.4 Å². The van der Waals surface area contributed by atoms with Gasteiger partial charge >= 0.3 is 0 Å². The number of aromatic nitrogens is 3. The van der Waals surface area contributed by atoms with E-state index in [-0.39, 0.29) is 5.41 Å². The highest BCUT2D eigenvalue weighted by molar-refractivity contribution is 6.33. The maximum Gasteiger partial charge on any atom is 0.130 e. The van der Waals surface area contributed by atoms with Crippen LogP contribution >= 0.6 is 11.6 Å². The predicted molar refractivity (Wildman–Crippen MR) is 107 cm³/mol. The van der Waals surface area contributed by atoms with Crippen LogP contribution in [0.5, 0.6) is 0 Å². The molecule has 2 saturated carbocycles. The zero-order valence-electron chi connectivity index (χ0n) is 15.2. The molecule has 2 aromatic heterocycles. The van der Waals surface area contributed by atoms with Crippen molar-refractivity contribution in [2.45, 2.75) is 51.0 Å². The number of halogens is 1. The molecule has 0 amide bonds. The van der Waals surface area contributed by atoms with E-state index in [0.29, 0.717) is 23.4 Å². The lowest BCUT2D eigenvalue weighted by Crippen LogP contribution is -2.22. The van der Waals surface area contributed by atoms with E-state index in [1.807, 2.05) is 12.1 Å². The monoisotopic (exact) mass is 382 g/mol. The van der Waals surface area contributed by atoms with E-state index in [2.05, 4.69) is 31.7 Å². The van der Waals surface area contributed by atoms with Crippen LogP contribution in [0.3, 0.4) is 0 Å². The molecule has 140 valence electrons. The average Bonchev–Trinajstić information content (AvgIpc) is 3.50. The fourth-order valence-corrected chi connectivity index (χ4v) is 3.71. The van der Waals surface area contributed by atoms with E-state index >= 15 is 0 Å². The number of nitrogens with one attached hydrogen (secondary N) is 2. The number of rotatable bonds is 6. The Hall–Kier alpha value is -2.39. The van der Waals surface area contributed by atoms with Gasteiger partial charge in [0.1, 0.15) is 18.0 Å². The molecule has 0 radical (unpaired) electrons. The Bertz CT molecular complexity index is 852. The summed E-state index contributed by atoms with van der Waals surface area (Å²) in [5, 5.41) is 16.6. The van der Waals surface area contributed by atoms with Gasteiger partial charge in [-0.3, -0.25) is 0 Å². The Balaban J connectivity index is 1.51. The van der Waals surface area contributed by atoms with Gasteiger partial charge in [0.2, 0.25) is 0 Å². The third kappa shape index (κ3) is 4.30. The SMILES string of the molecule is N#CC1(CNc2cc(-c3cc(NC4CCCCC4)ncc3Cl)ncn2)CC1. The summed E-state index contributed by atoms with van der Waals surface area (Å²) in [6, 6.07) is 6.69. The van der Waals surface area contributed by atoms with Gasteiger partial charge in [-0.1, -0.05) is 30.9 Å². The van der Waals surface area contributed by atoms with Crippen molar-refractivity contribution in [3.63, 3.8) is 0 Å². The lowest BCUT2D eigenvalue weighted by atomic mass is 9.95. The second kappa shape index (κ2) is 7.69. The van der Waals surface area contributed by atoms with Gasteiger partial charge in [0.15, 0.2) is 0 Å². The summed E-state index contributed by atoms with van der Waals surface area (Å²) in [6.45, 7) is 0.610. The van der Waals surface area contributed by atoms with Crippen LogP contribution in [0, 0.1) is 16.7 Å². The summed E-state index contributed by atoms with van der Waals surface area (Å²) in [5.41, 5.74) is 1.35. The summed E-state index contributed by atoms with van der Waals surface area (Å²) in [4.78, 5) is 13.1. The Morgan fingerprint density at radius 2 is 1.93 bits per heavy atom. The largest absolute Gasteiger partial charge is 0.368 e. The van der Waals surface area contributed by atoms with Gasteiger partial charge in [0.05, 0.1) is 22.2 Å². The minimum Gasteiger partial charge on any atom is -0.368 e. The van der Waals surface area contributed by atoms with E-state index in [0.717, 1.165) is 29.9 Å². The summed E-state index contributed by atoms with van der Waals surface area (Å²) in [7, 11) is 0. The van der Waals surface area contributed by atoms with Crippen LogP contribution in [0.15, 0.2) is 24.7 Å². The number of nitrogens with zero attached hydrogens (tertiary/aromatic N) is 4. The first-order valence-corrected chi connectivity index (χ1v) is 9.95. The minimum atomic E-state index is -0.226. The van der Waals surface area contributed by atoms with Crippen molar-refractivity contribution in [2.75, 3.05) is 17.2 Å². The molecule has 0 spiro atoms. The van der Waals surface area contributed by atoms with Gasteiger partial charge in [-0.2, -0.15) is 5.26 Å². The molecular formula is C20H23ClN6. The summed E-state index contributed by atoms with van der Waals surface area (Å²) in [5.74, 6) is 1.53. The molecule has 0 bridgehead atoms. The Morgan fingerprint density at radius 3 is 2.67 bits per heavy atom. The maximum atomic E-state index is 9.21. The lowest BCUT2D eigenvalue weighted by Gasteiger charge is -2.23. The first-order chi connectivity index (χ1) is 13.2.